The SMILES string of the molecule is O=C(CCC(=O)NC1CCCC1)NCc1cnc2ccccc2c1. The Labute approximate surface area is 141 Å². The van der Waals surface area contributed by atoms with E-state index in [4.69, 9.17) is 0 Å². The van der Waals surface area contributed by atoms with E-state index in [1.165, 1.54) is 12.8 Å². The normalized spacial score (nSPS) is 14.7. The number of para-hydroxylation sites is 1. The van der Waals surface area contributed by atoms with E-state index in [9.17, 15) is 9.59 Å². The lowest BCUT2D eigenvalue weighted by Gasteiger charge is -2.11. The smallest absolute Gasteiger partial charge is 0.220 e. The van der Waals surface area contributed by atoms with Gasteiger partial charge < -0.3 is 10.6 Å². The van der Waals surface area contributed by atoms with Crippen molar-refractivity contribution in [3.8, 4) is 0 Å². The van der Waals surface area contributed by atoms with E-state index < -0.39 is 0 Å². The molecule has 3 rings (SSSR count). The minimum Gasteiger partial charge on any atom is -0.353 e. The highest BCUT2D eigenvalue weighted by Gasteiger charge is 2.17. The van der Waals surface area contributed by atoms with Crippen molar-refractivity contribution in [2.75, 3.05) is 0 Å². The van der Waals surface area contributed by atoms with Crippen molar-refractivity contribution < 1.29 is 9.59 Å². The Bertz CT molecular complexity index is 723. The predicted molar refractivity (Wildman–Crippen MR) is 93.2 cm³/mol. The average molecular weight is 325 g/mol. The number of pyridine rings is 1. The van der Waals surface area contributed by atoms with Gasteiger partial charge in [-0.2, -0.15) is 0 Å². The van der Waals surface area contributed by atoms with E-state index in [-0.39, 0.29) is 24.7 Å². The molecule has 1 aromatic carbocycles. The van der Waals surface area contributed by atoms with Crippen LogP contribution in [0.15, 0.2) is 36.5 Å². The molecule has 5 heteroatoms. The summed E-state index contributed by atoms with van der Waals surface area (Å²) in [7, 11) is 0. The van der Waals surface area contributed by atoms with Crippen molar-refractivity contribution in [3.63, 3.8) is 0 Å². The predicted octanol–water partition coefficient (Wildman–Crippen LogP) is 2.69. The Balaban J connectivity index is 1.42. The molecular formula is C19H23N3O2. The Morgan fingerprint density at radius 2 is 1.83 bits per heavy atom. The van der Waals surface area contributed by atoms with Crippen LogP contribution in [0.25, 0.3) is 10.9 Å². The van der Waals surface area contributed by atoms with Crippen LogP contribution < -0.4 is 10.6 Å². The van der Waals surface area contributed by atoms with Crippen LogP contribution in [0.5, 0.6) is 0 Å². The van der Waals surface area contributed by atoms with Crippen LogP contribution in [0.2, 0.25) is 0 Å². The van der Waals surface area contributed by atoms with Crippen LogP contribution >= 0.6 is 0 Å². The van der Waals surface area contributed by atoms with Gasteiger partial charge in [-0.3, -0.25) is 14.6 Å². The number of hydrogen-bond acceptors (Lipinski definition) is 3. The highest BCUT2D eigenvalue weighted by atomic mass is 16.2. The van der Waals surface area contributed by atoms with Crippen molar-refractivity contribution >= 4 is 22.7 Å². The summed E-state index contributed by atoms with van der Waals surface area (Å²) < 4.78 is 0. The van der Waals surface area contributed by atoms with Gasteiger partial charge in [-0.1, -0.05) is 31.0 Å². The lowest BCUT2D eigenvalue weighted by atomic mass is 10.1. The van der Waals surface area contributed by atoms with Crippen molar-refractivity contribution in [2.45, 2.75) is 51.1 Å². The van der Waals surface area contributed by atoms with Gasteiger partial charge in [0.05, 0.1) is 5.52 Å². The van der Waals surface area contributed by atoms with Gasteiger partial charge in [-0.25, -0.2) is 0 Å². The zero-order valence-electron chi connectivity index (χ0n) is 13.8. The summed E-state index contributed by atoms with van der Waals surface area (Å²) in [4.78, 5) is 28.1. The second kappa shape index (κ2) is 7.90. The van der Waals surface area contributed by atoms with Crippen LogP contribution in [0.3, 0.4) is 0 Å². The zero-order chi connectivity index (χ0) is 16.8. The van der Waals surface area contributed by atoms with Crippen LogP contribution in [-0.2, 0) is 16.1 Å². The fourth-order valence-corrected chi connectivity index (χ4v) is 3.10. The standard InChI is InChI=1S/C19H23N3O2/c23-18(9-10-19(24)22-16-6-2-3-7-16)21-13-14-11-15-5-1-4-8-17(15)20-12-14/h1,4-5,8,11-12,16H,2-3,6-7,9-10,13H2,(H,21,23)(H,22,24). The fourth-order valence-electron chi connectivity index (χ4n) is 3.10. The molecule has 1 fully saturated rings. The van der Waals surface area contributed by atoms with Gasteiger partial charge in [-0.15, -0.1) is 0 Å². The third-order valence-electron chi connectivity index (χ3n) is 4.44. The highest BCUT2D eigenvalue weighted by molar-refractivity contribution is 5.84. The first kappa shape index (κ1) is 16.4. The van der Waals surface area contributed by atoms with Gasteiger partial charge in [0, 0.05) is 37.0 Å². The molecule has 0 radical (unpaired) electrons. The summed E-state index contributed by atoms with van der Waals surface area (Å²) in [5.74, 6) is -0.130. The summed E-state index contributed by atoms with van der Waals surface area (Å²) in [5, 5.41) is 6.91. The summed E-state index contributed by atoms with van der Waals surface area (Å²) in [6, 6.07) is 10.2. The summed E-state index contributed by atoms with van der Waals surface area (Å²) in [5.41, 5.74) is 1.90. The molecule has 1 heterocycles. The number of amides is 2. The van der Waals surface area contributed by atoms with Crippen molar-refractivity contribution in [1.82, 2.24) is 15.6 Å². The number of carbonyl (C=O) groups is 2. The molecule has 0 aliphatic heterocycles. The minimum absolute atomic E-state index is 0.0237. The Morgan fingerprint density at radius 1 is 1.08 bits per heavy atom. The topological polar surface area (TPSA) is 71.1 Å². The second-order valence-corrected chi connectivity index (χ2v) is 6.36. The average Bonchev–Trinajstić information content (AvgIpc) is 3.11. The third-order valence-corrected chi connectivity index (χ3v) is 4.44. The van der Waals surface area contributed by atoms with Crippen LogP contribution in [0, 0.1) is 0 Å². The molecule has 0 atom stereocenters. The van der Waals surface area contributed by atoms with E-state index in [1.54, 1.807) is 6.20 Å². The van der Waals surface area contributed by atoms with Gasteiger partial charge >= 0.3 is 0 Å². The van der Waals surface area contributed by atoms with Crippen molar-refractivity contribution in [1.29, 1.82) is 0 Å². The van der Waals surface area contributed by atoms with E-state index >= 15 is 0 Å². The number of carbonyl (C=O) groups excluding carboxylic acids is 2. The number of rotatable bonds is 6. The molecule has 2 amide bonds. The maximum atomic E-state index is 11.9. The number of aromatic nitrogens is 1. The number of hydrogen-bond donors (Lipinski definition) is 2. The molecule has 0 bridgehead atoms. The lowest BCUT2D eigenvalue weighted by Crippen LogP contribution is -2.33. The summed E-state index contributed by atoms with van der Waals surface area (Å²) in [6.07, 6.45) is 6.74. The maximum Gasteiger partial charge on any atom is 0.220 e. The van der Waals surface area contributed by atoms with Gasteiger partial charge in [0.15, 0.2) is 0 Å². The highest BCUT2D eigenvalue weighted by Crippen LogP contribution is 2.17. The minimum atomic E-state index is -0.107. The van der Waals surface area contributed by atoms with Gasteiger partial charge in [0.2, 0.25) is 11.8 Å². The Kier molecular flexibility index (Phi) is 5.41. The fraction of sp³-hybridized carbons (Fsp3) is 0.421. The molecule has 2 N–H and O–H groups in total. The molecule has 5 nitrogen and oxygen atoms in total. The molecule has 0 saturated heterocycles. The molecule has 126 valence electrons. The largest absolute Gasteiger partial charge is 0.353 e. The van der Waals surface area contributed by atoms with Crippen LogP contribution in [0.1, 0.15) is 44.1 Å². The molecule has 0 spiro atoms. The van der Waals surface area contributed by atoms with E-state index in [0.29, 0.717) is 12.6 Å². The van der Waals surface area contributed by atoms with Crippen molar-refractivity contribution in [2.24, 2.45) is 0 Å². The first-order chi connectivity index (χ1) is 11.7. The molecule has 1 aromatic heterocycles. The second-order valence-electron chi connectivity index (χ2n) is 6.36. The molecule has 2 aromatic rings. The molecule has 24 heavy (non-hydrogen) atoms. The zero-order valence-corrected chi connectivity index (χ0v) is 13.8. The first-order valence-electron chi connectivity index (χ1n) is 8.60. The Hall–Kier alpha value is -2.43. The summed E-state index contributed by atoms with van der Waals surface area (Å²) >= 11 is 0. The number of fused-ring (bicyclic) bond motifs is 1. The first-order valence-corrected chi connectivity index (χ1v) is 8.60. The number of nitrogens with one attached hydrogen (secondary N) is 2. The Morgan fingerprint density at radius 3 is 2.67 bits per heavy atom. The van der Waals surface area contributed by atoms with Crippen LogP contribution in [-0.4, -0.2) is 22.8 Å². The lowest BCUT2D eigenvalue weighted by molar-refractivity contribution is -0.126. The quantitative estimate of drug-likeness (QED) is 0.858. The van der Waals surface area contributed by atoms with Crippen molar-refractivity contribution in [3.05, 3.63) is 42.1 Å². The molecule has 1 saturated carbocycles. The van der Waals surface area contributed by atoms with E-state index in [1.807, 2.05) is 30.3 Å². The molecule has 1 aliphatic rings. The number of nitrogens with zero attached hydrogens (tertiary/aromatic N) is 1. The monoisotopic (exact) mass is 325 g/mol. The van der Waals surface area contributed by atoms with Gasteiger partial charge in [0.1, 0.15) is 0 Å². The van der Waals surface area contributed by atoms with Gasteiger partial charge in [0.25, 0.3) is 0 Å². The van der Waals surface area contributed by atoms with Crippen LogP contribution in [0.4, 0.5) is 0 Å². The summed E-state index contributed by atoms with van der Waals surface area (Å²) in [6.45, 7) is 0.431. The molecule has 1 aliphatic carbocycles. The van der Waals surface area contributed by atoms with E-state index in [2.05, 4.69) is 15.6 Å². The molecular weight excluding hydrogens is 302 g/mol. The number of benzene rings is 1. The maximum absolute atomic E-state index is 11.9. The van der Waals surface area contributed by atoms with E-state index in [0.717, 1.165) is 29.3 Å². The third kappa shape index (κ3) is 4.54. The van der Waals surface area contributed by atoms with Gasteiger partial charge in [-0.05, 0) is 30.5 Å². The molecule has 0 unspecified atom stereocenters.